The molecule has 28 heavy (non-hydrogen) atoms. The quantitative estimate of drug-likeness (QED) is 0.511. The lowest BCUT2D eigenvalue weighted by Crippen LogP contribution is -2.30. The van der Waals surface area contributed by atoms with E-state index in [1.807, 2.05) is 73.7 Å². The molecular formula is C25H25NO2. The summed E-state index contributed by atoms with van der Waals surface area (Å²) in [4.78, 5) is 12.7. The van der Waals surface area contributed by atoms with Gasteiger partial charge in [-0.1, -0.05) is 92.4 Å². The highest BCUT2D eigenvalue weighted by Crippen LogP contribution is 2.32. The third kappa shape index (κ3) is 4.89. The average Bonchev–Trinajstić information content (AvgIpc) is 2.74. The number of anilines is 1. The molecule has 3 aromatic rings. The molecule has 1 N–H and O–H groups in total. The first-order valence-corrected chi connectivity index (χ1v) is 9.50. The van der Waals surface area contributed by atoms with Crippen molar-refractivity contribution in [2.75, 3.05) is 5.32 Å². The molecule has 0 aliphatic heterocycles. The van der Waals surface area contributed by atoms with Crippen molar-refractivity contribution >= 4 is 11.6 Å². The normalized spacial score (nSPS) is 11.6. The molecule has 0 saturated carbocycles. The van der Waals surface area contributed by atoms with Gasteiger partial charge in [0.1, 0.15) is 5.76 Å². The summed E-state index contributed by atoms with van der Waals surface area (Å²) in [5, 5.41) is 2.91. The molecule has 142 valence electrons. The number of nitrogens with one attached hydrogen (secondary N) is 1. The van der Waals surface area contributed by atoms with Crippen LogP contribution in [0.4, 0.5) is 5.69 Å². The number of hydrogen-bond acceptors (Lipinski definition) is 2. The fourth-order valence-corrected chi connectivity index (χ4v) is 3.17. The highest BCUT2D eigenvalue weighted by atomic mass is 16.5. The molecule has 0 heterocycles. The van der Waals surface area contributed by atoms with Crippen LogP contribution in [0.1, 0.15) is 30.4 Å². The third-order valence-electron chi connectivity index (χ3n) is 4.59. The average molecular weight is 371 g/mol. The lowest BCUT2D eigenvalue weighted by atomic mass is 9.90. The van der Waals surface area contributed by atoms with Crippen molar-refractivity contribution in [1.82, 2.24) is 0 Å². The van der Waals surface area contributed by atoms with E-state index in [1.54, 1.807) is 0 Å². The lowest BCUT2D eigenvalue weighted by Gasteiger charge is -2.25. The molecule has 0 spiro atoms. The highest BCUT2D eigenvalue weighted by molar-refractivity contribution is 5.94. The minimum Gasteiger partial charge on any atom is -0.485 e. The summed E-state index contributed by atoms with van der Waals surface area (Å²) in [6.45, 7) is 6.12. The van der Waals surface area contributed by atoms with E-state index in [9.17, 15) is 4.79 Å². The number of hydrogen-bond donors (Lipinski definition) is 1. The summed E-state index contributed by atoms with van der Waals surface area (Å²) in [6, 6.07) is 29.6. The fourth-order valence-electron chi connectivity index (χ4n) is 3.17. The van der Waals surface area contributed by atoms with Gasteiger partial charge in [0.15, 0.2) is 6.10 Å². The molecule has 1 atom stereocenters. The first-order valence-electron chi connectivity index (χ1n) is 9.50. The number of rotatable bonds is 8. The Hall–Kier alpha value is -3.33. The number of carbonyl (C=O) groups is 1. The molecule has 3 heteroatoms. The largest absolute Gasteiger partial charge is 0.485 e. The van der Waals surface area contributed by atoms with Crippen LogP contribution in [0.3, 0.4) is 0 Å². The van der Waals surface area contributed by atoms with E-state index in [2.05, 4.69) is 36.2 Å². The molecule has 0 aromatic heterocycles. The topological polar surface area (TPSA) is 38.3 Å². The summed E-state index contributed by atoms with van der Waals surface area (Å²) in [5.74, 6) is 0.253. The molecule has 3 aromatic carbocycles. The first-order chi connectivity index (χ1) is 13.7. The van der Waals surface area contributed by atoms with Crippen LogP contribution in [0.25, 0.3) is 0 Å². The van der Waals surface area contributed by atoms with Gasteiger partial charge in [0.25, 0.3) is 5.91 Å². The van der Waals surface area contributed by atoms with Gasteiger partial charge in [-0.05, 0) is 29.7 Å². The summed E-state index contributed by atoms with van der Waals surface area (Å²) in [6.07, 6.45) is -0.0591. The second-order valence-corrected chi connectivity index (χ2v) is 6.59. The van der Waals surface area contributed by atoms with E-state index in [1.165, 1.54) is 0 Å². The second kappa shape index (κ2) is 9.56. The van der Waals surface area contributed by atoms with Crippen molar-refractivity contribution in [2.45, 2.75) is 25.4 Å². The standard InChI is InChI=1S/C25H25NO2/c1-3-23(25(27)26-22-17-11-6-12-18-22)28-19(2)24(20-13-7-4-8-14-20)21-15-9-5-10-16-21/h4-18,23-24H,2-3H2,1H3,(H,26,27). The zero-order valence-electron chi connectivity index (χ0n) is 16.0. The van der Waals surface area contributed by atoms with Crippen LogP contribution < -0.4 is 5.32 Å². The molecular weight excluding hydrogens is 346 g/mol. The van der Waals surface area contributed by atoms with Gasteiger partial charge in [-0.15, -0.1) is 0 Å². The highest BCUT2D eigenvalue weighted by Gasteiger charge is 2.25. The molecule has 3 rings (SSSR count). The van der Waals surface area contributed by atoms with Crippen molar-refractivity contribution in [3.63, 3.8) is 0 Å². The Morgan fingerprint density at radius 2 is 1.32 bits per heavy atom. The van der Waals surface area contributed by atoms with Gasteiger partial charge >= 0.3 is 0 Å². The van der Waals surface area contributed by atoms with E-state index in [0.717, 1.165) is 16.8 Å². The maximum Gasteiger partial charge on any atom is 0.265 e. The van der Waals surface area contributed by atoms with Crippen LogP contribution in [-0.4, -0.2) is 12.0 Å². The molecule has 0 fully saturated rings. The van der Waals surface area contributed by atoms with Gasteiger partial charge in [0.05, 0.1) is 5.92 Å². The Kier molecular flexibility index (Phi) is 6.64. The predicted molar refractivity (Wildman–Crippen MR) is 114 cm³/mol. The molecule has 0 saturated heterocycles. The summed E-state index contributed by atoms with van der Waals surface area (Å²) >= 11 is 0. The van der Waals surface area contributed by atoms with Crippen molar-refractivity contribution in [3.05, 3.63) is 114 Å². The maximum atomic E-state index is 12.7. The fraction of sp³-hybridized carbons (Fsp3) is 0.160. The Balaban J connectivity index is 1.79. The van der Waals surface area contributed by atoms with Crippen LogP contribution in [0.2, 0.25) is 0 Å². The van der Waals surface area contributed by atoms with E-state index in [0.29, 0.717) is 12.2 Å². The number of allylic oxidation sites excluding steroid dienone is 1. The zero-order valence-corrected chi connectivity index (χ0v) is 16.0. The van der Waals surface area contributed by atoms with E-state index in [-0.39, 0.29) is 11.8 Å². The summed E-state index contributed by atoms with van der Waals surface area (Å²) in [7, 11) is 0. The minimum absolute atomic E-state index is 0.138. The zero-order chi connectivity index (χ0) is 19.8. The number of benzene rings is 3. The minimum atomic E-state index is -0.609. The van der Waals surface area contributed by atoms with E-state index < -0.39 is 6.10 Å². The molecule has 0 aliphatic carbocycles. The van der Waals surface area contributed by atoms with Crippen LogP contribution in [0.15, 0.2) is 103 Å². The molecule has 0 aliphatic rings. The monoisotopic (exact) mass is 371 g/mol. The van der Waals surface area contributed by atoms with Gasteiger partial charge < -0.3 is 10.1 Å². The first kappa shape index (κ1) is 19.4. The number of para-hydroxylation sites is 1. The van der Waals surface area contributed by atoms with E-state index >= 15 is 0 Å². The van der Waals surface area contributed by atoms with Gasteiger partial charge in [-0.2, -0.15) is 0 Å². The van der Waals surface area contributed by atoms with Crippen LogP contribution in [0, 0.1) is 0 Å². The molecule has 0 radical (unpaired) electrons. The van der Waals surface area contributed by atoms with Crippen molar-refractivity contribution in [1.29, 1.82) is 0 Å². The molecule has 0 bridgehead atoms. The Morgan fingerprint density at radius 1 is 0.857 bits per heavy atom. The number of amides is 1. The van der Waals surface area contributed by atoms with Gasteiger partial charge in [0.2, 0.25) is 0 Å². The van der Waals surface area contributed by atoms with Crippen molar-refractivity contribution in [2.24, 2.45) is 0 Å². The molecule has 1 amide bonds. The van der Waals surface area contributed by atoms with Gasteiger partial charge in [-0.25, -0.2) is 0 Å². The number of carbonyl (C=O) groups excluding carboxylic acids is 1. The Morgan fingerprint density at radius 3 is 1.79 bits per heavy atom. The van der Waals surface area contributed by atoms with Crippen molar-refractivity contribution in [3.8, 4) is 0 Å². The van der Waals surface area contributed by atoms with E-state index in [4.69, 9.17) is 4.74 Å². The van der Waals surface area contributed by atoms with Crippen molar-refractivity contribution < 1.29 is 9.53 Å². The molecule has 3 nitrogen and oxygen atoms in total. The van der Waals surface area contributed by atoms with Gasteiger partial charge in [0, 0.05) is 5.69 Å². The Bertz CT molecular complexity index is 852. The van der Waals surface area contributed by atoms with Crippen LogP contribution in [-0.2, 0) is 9.53 Å². The third-order valence-corrected chi connectivity index (χ3v) is 4.59. The van der Waals surface area contributed by atoms with Gasteiger partial charge in [-0.3, -0.25) is 4.79 Å². The summed E-state index contributed by atoms with van der Waals surface area (Å²) in [5.41, 5.74) is 2.91. The predicted octanol–water partition coefficient (Wildman–Crippen LogP) is 5.77. The smallest absolute Gasteiger partial charge is 0.265 e. The van der Waals surface area contributed by atoms with Crippen LogP contribution in [0.5, 0.6) is 0 Å². The maximum absolute atomic E-state index is 12.7. The number of ether oxygens (including phenoxy) is 1. The lowest BCUT2D eigenvalue weighted by molar-refractivity contribution is -0.125. The molecule has 1 unspecified atom stereocenters. The summed E-state index contributed by atoms with van der Waals surface area (Å²) < 4.78 is 6.10. The Labute approximate surface area is 166 Å². The van der Waals surface area contributed by atoms with Crippen LogP contribution >= 0.6 is 0 Å². The second-order valence-electron chi connectivity index (χ2n) is 6.59. The SMILES string of the molecule is C=C(OC(CC)C(=O)Nc1ccccc1)C(c1ccccc1)c1ccccc1.